The highest BCUT2D eigenvalue weighted by atomic mass is 16.5. The molecule has 0 bridgehead atoms. The van der Waals surface area contributed by atoms with E-state index in [1.807, 2.05) is 44.2 Å². The molecule has 2 heterocycles. The number of carbonyl (C=O) groups is 1. The number of imidazole rings is 1. The highest BCUT2D eigenvalue weighted by Gasteiger charge is 2.14. The summed E-state index contributed by atoms with van der Waals surface area (Å²) in [6.45, 7) is 5.15. The van der Waals surface area contributed by atoms with E-state index in [9.17, 15) is 4.79 Å². The van der Waals surface area contributed by atoms with Crippen molar-refractivity contribution in [3.8, 4) is 28.6 Å². The number of rotatable bonds is 10. The van der Waals surface area contributed by atoms with Gasteiger partial charge in [0.2, 0.25) is 0 Å². The molecule has 1 unspecified atom stereocenters. The Kier molecular flexibility index (Phi) is 7.62. The van der Waals surface area contributed by atoms with Gasteiger partial charge in [-0.25, -0.2) is 9.97 Å². The summed E-state index contributed by atoms with van der Waals surface area (Å²) in [5.41, 5.74) is 2.90. The average Bonchev–Trinajstić information content (AvgIpc) is 3.29. The summed E-state index contributed by atoms with van der Waals surface area (Å²) in [6, 6.07) is 16.5. The van der Waals surface area contributed by atoms with E-state index >= 15 is 0 Å². The molecule has 0 radical (unpaired) electrons. The summed E-state index contributed by atoms with van der Waals surface area (Å²) >= 11 is 0. The molecule has 4 rings (SSSR count). The summed E-state index contributed by atoms with van der Waals surface area (Å²) in [5, 5.41) is 0. The second kappa shape index (κ2) is 11.0. The lowest BCUT2D eigenvalue weighted by Gasteiger charge is -2.17. The van der Waals surface area contributed by atoms with Crippen molar-refractivity contribution in [2.24, 2.45) is 0 Å². The van der Waals surface area contributed by atoms with Gasteiger partial charge < -0.3 is 24.1 Å². The Morgan fingerprint density at radius 1 is 1.09 bits per heavy atom. The number of fused-ring (bicyclic) bond motifs is 1. The van der Waals surface area contributed by atoms with Gasteiger partial charge in [-0.05, 0) is 61.9 Å². The predicted molar refractivity (Wildman–Crippen MR) is 135 cm³/mol. The first kappa shape index (κ1) is 24.2. The highest BCUT2D eigenvalue weighted by molar-refractivity contribution is 5.94. The van der Waals surface area contributed by atoms with Crippen molar-refractivity contribution in [2.75, 3.05) is 27.3 Å². The second-order valence-corrected chi connectivity index (χ2v) is 8.39. The van der Waals surface area contributed by atoms with Gasteiger partial charge in [0.25, 0.3) is 5.91 Å². The quantitative estimate of drug-likeness (QED) is 0.335. The maximum Gasteiger partial charge on any atom is 0.253 e. The Labute approximate surface area is 204 Å². The van der Waals surface area contributed by atoms with Crippen LogP contribution in [0.25, 0.3) is 22.6 Å². The molecule has 1 amide bonds. The second-order valence-electron chi connectivity index (χ2n) is 8.39. The van der Waals surface area contributed by atoms with Crippen LogP contribution in [-0.2, 0) is 4.74 Å². The van der Waals surface area contributed by atoms with Crippen molar-refractivity contribution < 1.29 is 19.0 Å². The molecule has 1 atom stereocenters. The molecule has 0 fully saturated rings. The lowest BCUT2D eigenvalue weighted by molar-refractivity contribution is 0.0795. The van der Waals surface area contributed by atoms with E-state index in [-0.39, 0.29) is 12.0 Å². The average molecular weight is 475 g/mol. The standard InChI is InChI=1S/C27H30N4O4/c1-5-13-31(3)27(32)19-8-10-21(11-9-19)35-23-15-20(14-22(16-23)34-18(2)17-33-4)25-29-24-7-6-12-28-26(24)30-25/h6-12,14-16,18H,5,13,17H2,1-4H3,(H,28,29,30). The minimum Gasteiger partial charge on any atom is -0.488 e. The van der Waals surface area contributed by atoms with Crippen molar-refractivity contribution in [3.05, 3.63) is 66.4 Å². The Hall–Kier alpha value is -3.91. The third-order valence-electron chi connectivity index (χ3n) is 5.39. The van der Waals surface area contributed by atoms with Gasteiger partial charge in [-0.15, -0.1) is 0 Å². The van der Waals surface area contributed by atoms with Crippen LogP contribution in [0.5, 0.6) is 17.2 Å². The molecule has 182 valence electrons. The molecule has 0 saturated heterocycles. The number of methoxy groups -OCH3 is 1. The van der Waals surface area contributed by atoms with E-state index in [0.29, 0.717) is 47.4 Å². The first-order valence-corrected chi connectivity index (χ1v) is 11.6. The van der Waals surface area contributed by atoms with Crippen molar-refractivity contribution >= 4 is 17.1 Å². The minimum atomic E-state index is -0.147. The first-order chi connectivity index (χ1) is 17.0. The Bertz CT molecular complexity index is 1250. The van der Waals surface area contributed by atoms with E-state index in [4.69, 9.17) is 14.2 Å². The summed E-state index contributed by atoms with van der Waals surface area (Å²) in [6.07, 6.45) is 2.49. The number of benzene rings is 2. The summed E-state index contributed by atoms with van der Waals surface area (Å²) in [4.78, 5) is 26.5. The molecule has 1 N–H and O–H groups in total. The fraction of sp³-hybridized carbons (Fsp3) is 0.296. The molecule has 0 aliphatic carbocycles. The Morgan fingerprint density at radius 2 is 1.86 bits per heavy atom. The zero-order valence-electron chi connectivity index (χ0n) is 20.4. The number of amides is 1. The fourth-order valence-electron chi connectivity index (χ4n) is 3.78. The maximum absolute atomic E-state index is 12.5. The van der Waals surface area contributed by atoms with Crippen LogP contribution in [0.1, 0.15) is 30.6 Å². The van der Waals surface area contributed by atoms with E-state index in [1.165, 1.54) is 0 Å². The van der Waals surface area contributed by atoms with Gasteiger partial charge >= 0.3 is 0 Å². The molecular formula is C27H30N4O4. The monoisotopic (exact) mass is 474 g/mol. The van der Waals surface area contributed by atoms with Gasteiger partial charge in [-0.2, -0.15) is 0 Å². The van der Waals surface area contributed by atoms with Gasteiger partial charge in [-0.1, -0.05) is 6.92 Å². The van der Waals surface area contributed by atoms with Crippen LogP contribution in [0.2, 0.25) is 0 Å². The minimum absolute atomic E-state index is 0.0123. The molecule has 0 saturated carbocycles. The molecule has 4 aromatic rings. The number of pyridine rings is 1. The molecule has 2 aromatic heterocycles. The van der Waals surface area contributed by atoms with E-state index < -0.39 is 0 Å². The first-order valence-electron chi connectivity index (χ1n) is 11.6. The van der Waals surface area contributed by atoms with Crippen LogP contribution in [-0.4, -0.2) is 59.2 Å². The molecule has 8 nitrogen and oxygen atoms in total. The van der Waals surface area contributed by atoms with E-state index in [2.05, 4.69) is 15.0 Å². The number of aromatic nitrogens is 3. The number of aromatic amines is 1. The lowest BCUT2D eigenvalue weighted by atomic mass is 10.1. The van der Waals surface area contributed by atoms with Crippen LogP contribution in [0.3, 0.4) is 0 Å². The number of carbonyl (C=O) groups excluding carboxylic acids is 1. The van der Waals surface area contributed by atoms with Crippen molar-refractivity contribution in [2.45, 2.75) is 26.4 Å². The van der Waals surface area contributed by atoms with Gasteiger partial charge in [0.05, 0.1) is 6.61 Å². The number of nitrogens with zero attached hydrogens (tertiary/aromatic N) is 3. The van der Waals surface area contributed by atoms with Gasteiger partial charge in [0, 0.05) is 44.1 Å². The molecule has 35 heavy (non-hydrogen) atoms. The summed E-state index contributed by atoms with van der Waals surface area (Å²) < 4.78 is 17.4. The number of hydrogen-bond acceptors (Lipinski definition) is 6. The van der Waals surface area contributed by atoms with Gasteiger partial charge in [0.1, 0.15) is 34.7 Å². The van der Waals surface area contributed by atoms with Crippen LogP contribution in [0.15, 0.2) is 60.8 Å². The third-order valence-corrected chi connectivity index (χ3v) is 5.39. The maximum atomic E-state index is 12.5. The molecule has 0 spiro atoms. The summed E-state index contributed by atoms with van der Waals surface area (Å²) in [5.74, 6) is 2.47. The van der Waals surface area contributed by atoms with Crippen LogP contribution in [0, 0.1) is 0 Å². The van der Waals surface area contributed by atoms with Gasteiger partial charge in [0.15, 0.2) is 5.65 Å². The largest absolute Gasteiger partial charge is 0.488 e. The predicted octanol–water partition coefficient (Wildman–Crippen LogP) is 5.31. The topological polar surface area (TPSA) is 89.6 Å². The van der Waals surface area contributed by atoms with Crippen LogP contribution >= 0.6 is 0 Å². The molecule has 2 aromatic carbocycles. The smallest absolute Gasteiger partial charge is 0.253 e. The SMILES string of the molecule is CCCN(C)C(=O)c1ccc(Oc2cc(OC(C)COC)cc(-c3nc4cccnc4[nH]3)c2)cc1. The summed E-state index contributed by atoms with van der Waals surface area (Å²) in [7, 11) is 3.45. The molecule has 0 aliphatic heterocycles. The fourth-order valence-corrected chi connectivity index (χ4v) is 3.78. The van der Waals surface area contributed by atoms with Gasteiger partial charge in [-0.3, -0.25) is 4.79 Å². The molecular weight excluding hydrogens is 444 g/mol. The van der Waals surface area contributed by atoms with Crippen molar-refractivity contribution in [1.82, 2.24) is 19.9 Å². The molecule has 0 aliphatic rings. The van der Waals surface area contributed by atoms with Crippen LogP contribution in [0.4, 0.5) is 0 Å². The number of hydrogen-bond donors (Lipinski definition) is 1. The van der Waals surface area contributed by atoms with Crippen molar-refractivity contribution in [3.63, 3.8) is 0 Å². The number of nitrogens with one attached hydrogen (secondary N) is 1. The zero-order chi connectivity index (χ0) is 24.8. The van der Waals surface area contributed by atoms with E-state index in [0.717, 1.165) is 17.5 Å². The number of H-pyrrole nitrogens is 1. The molecule has 8 heteroatoms. The Morgan fingerprint density at radius 3 is 2.57 bits per heavy atom. The number of ether oxygens (including phenoxy) is 3. The van der Waals surface area contributed by atoms with Crippen molar-refractivity contribution in [1.29, 1.82) is 0 Å². The third kappa shape index (κ3) is 5.96. The van der Waals surface area contributed by atoms with E-state index in [1.54, 1.807) is 49.5 Å². The van der Waals surface area contributed by atoms with Crippen LogP contribution < -0.4 is 9.47 Å². The Balaban J connectivity index is 1.62. The lowest BCUT2D eigenvalue weighted by Crippen LogP contribution is -2.27. The normalized spacial score (nSPS) is 11.9. The zero-order valence-corrected chi connectivity index (χ0v) is 20.4. The highest BCUT2D eigenvalue weighted by Crippen LogP contribution is 2.32.